The third-order valence-corrected chi connectivity index (χ3v) is 5.56. The fraction of sp³-hybridized carbons (Fsp3) is 0.263. The van der Waals surface area contributed by atoms with Crippen LogP contribution in [0.15, 0.2) is 47.9 Å². The van der Waals surface area contributed by atoms with Crippen LogP contribution in [0, 0.1) is 5.82 Å². The Morgan fingerprint density at radius 2 is 2.21 bits per heavy atom. The highest BCUT2D eigenvalue weighted by Crippen LogP contribution is 2.34. The minimum Gasteiger partial charge on any atom is -0.354 e. The van der Waals surface area contributed by atoms with Gasteiger partial charge in [0.15, 0.2) is 0 Å². The van der Waals surface area contributed by atoms with Gasteiger partial charge >= 0.3 is 0 Å². The number of thioether (sulfide) groups is 1. The Hall–Kier alpha value is -2.52. The van der Waals surface area contributed by atoms with Gasteiger partial charge in [-0.1, -0.05) is 42.2 Å². The van der Waals surface area contributed by atoms with Crippen LogP contribution in [-0.4, -0.2) is 43.2 Å². The number of rotatable bonds is 7. The van der Waals surface area contributed by atoms with E-state index < -0.39 is 11.9 Å². The van der Waals surface area contributed by atoms with E-state index in [0.717, 1.165) is 24.7 Å². The van der Waals surface area contributed by atoms with Crippen LogP contribution >= 0.6 is 24.0 Å². The molecule has 1 fully saturated rings. The summed E-state index contributed by atoms with van der Waals surface area (Å²) in [5.74, 6) is -1.09. The Balaban J connectivity index is 1.59. The number of hydrogen-bond acceptors (Lipinski definition) is 5. The second-order valence-electron chi connectivity index (χ2n) is 6.19. The van der Waals surface area contributed by atoms with E-state index in [9.17, 15) is 14.0 Å². The molecule has 0 bridgehead atoms. The fourth-order valence-corrected chi connectivity index (χ4v) is 4.11. The van der Waals surface area contributed by atoms with Crippen LogP contribution < -0.4 is 5.32 Å². The van der Waals surface area contributed by atoms with Crippen LogP contribution in [0.3, 0.4) is 0 Å². The summed E-state index contributed by atoms with van der Waals surface area (Å²) in [7, 11) is 0. The maximum atomic E-state index is 13.8. The van der Waals surface area contributed by atoms with Gasteiger partial charge in [-0.3, -0.25) is 14.5 Å². The average molecular weight is 419 g/mol. The van der Waals surface area contributed by atoms with Crippen LogP contribution in [0.2, 0.25) is 0 Å². The molecule has 1 aliphatic heterocycles. The smallest absolute Gasteiger partial charge is 0.266 e. The zero-order chi connectivity index (χ0) is 20.1. The number of nitrogens with zero attached hydrogens (tertiary/aromatic N) is 3. The molecule has 146 valence electrons. The summed E-state index contributed by atoms with van der Waals surface area (Å²) in [5.41, 5.74) is 0.305. The van der Waals surface area contributed by atoms with Crippen LogP contribution in [-0.2, 0) is 16.1 Å². The average Bonchev–Trinajstić information content (AvgIpc) is 3.28. The summed E-state index contributed by atoms with van der Waals surface area (Å²) in [4.78, 5) is 30.7. The molecule has 2 heterocycles. The lowest BCUT2D eigenvalue weighted by Gasteiger charge is -2.22. The van der Waals surface area contributed by atoms with Gasteiger partial charge in [0.1, 0.15) is 16.2 Å². The van der Waals surface area contributed by atoms with Gasteiger partial charge in [0, 0.05) is 31.0 Å². The summed E-state index contributed by atoms with van der Waals surface area (Å²) in [5, 5.41) is 2.82. The second-order valence-corrected chi connectivity index (χ2v) is 7.87. The third kappa shape index (κ3) is 4.66. The Labute approximate surface area is 171 Å². The minimum absolute atomic E-state index is 0.283. The van der Waals surface area contributed by atoms with Gasteiger partial charge in [-0.2, -0.15) is 0 Å². The molecule has 1 atom stereocenters. The summed E-state index contributed by atoms with van der Waals surface area (Å²) >= 11 is 6.34. The highest BCUT2D eigenvalue weighted by Gasteiger charge is 2.38. The SMILES string of the molecule is CC(C(=O)NCCCn1ccnc1)N1C(=O)C(=Cc2ccccc2F)SC1=S. The maximum absolute atomic E-state index is 13.8. The zero-order valence-corrected chi connectivity index (χ0v) is 16.8. The van der Waals surface area contributed by atoms with Crippen LogP contribution in [0.25, 0.3) is 6.08 Å². The van der Waals surface area contributed by atoms with E-state index >= 15 is 0 Å². The van der Waals surface area contributed by atoms with Crippen molar-refractivity contribution in [2.45, 2.75) is 25.9 Å². The highest BCUT2D eigenvalue weighted by molar-refractivity contribution is 8.26. The summed E-state index contributed by atoms with van der Waals surface area (Å²) in [6.07, 6.45) is 7.47. The third-order valence-electron chi connectivity index (χ3n) is 4.23. The first-order valence-electron chi connectivity index (χ1n) is 8.72. The van der Waals surface area contributed by atoms with Crippen molar-refractivity contribution in [3.8, 4) is 0 Å². The summed E-state index contributed by atoms with van der Waals surface area (Å²) in [6, 6.07) is 5.43. The number of carbonyl (C=O) groups is 2. The van der Waals surface area contributed by atoms with Crippen molar-refractivity contribution in [1.82, 2.24) is 19.8 Å². The van der Waals surface area contributed by atoms with E-state index in [1.165, 1.54) is 17.0 Å². The lowest BCUT2D eigenvalue weighted by Crippen LogP contribution is -2.47. The van der Waals surface area contributed by atoms with E-state index in [4.69, 9.17) is 12.2 Å². The van der Waals surface area contributed by atoms with Gasteiger partial charge in [-0.05, 0) is 25.5 Å². The molecule has 1 unspecified atom stereocenters. The number of carbonyl (C=O) groups excluding carboxylic acids is 2. The highest BCUT2D eigenvalue weighted by atomic mass is 32.2. The molecule has 6 nitrogen and oxygen atoms in total. The van der Waals surface area contributed by atoms with Crippen molar-refractivity contribution < 1.29 is 14.0 Å². The normalized spacial score (nSPS) is 16.6. The van der Waals surface area contributed by atoms with Crippen molar-refractivity contribution in [2.75, 3.05) is 6.54 Å². The van der Waals surface area contributed by atoms with Crippen LogP contribution in [0.5, 0.6) is 0 Å². The molecule has 1 aromatic heterocycles. The molecule has 1 aromatic carbocycles. The molecule has 0 radical (unpaired) electrons. The predicted molar refractivity (Wildman–Crippen MR) is 111 cm³/mol. The number of hydrogen-bond donors (Lipinski definition) is 1. The predicted octanol–water partition coefficient (Wildman–Crippen LogP) is 2.82. The number of aromatic nitrogens is 2. The van der Waals surface area contributed by atoms with Gasteiger partial charge < -0.3 is 9.88 Å². The molecule has 3 rings (SSSR count). The molecule has 9 heteroatoms. The monoisotopic (exact) mass is 418 g/mol. The molecule has 1 saturated heterocycles. The van der Waals surface area contributed by atoms with E-state index in [2.05, 4.69) is 10.3 Å². The van der Waals surface area contributed by atoms with Crippen molar-refractivity contribution in [3.63, 3.8) is 0 Å². The molecule has 2 amide bonds. The van der Waals surface area contributed by atoms with Gasteiger partial charge in [-0.25, -0.2) is 9.37 Å². The van der Waals surface area contributed by atoms with E-state index in [-0.39, 0.29) is 16.1 Å². The standard InChI is InChI=1S/C19H19FN4O2S2/c1-13(17(25)22-7-4-9-23-10-8-21-12-23)24-18(26)16(28-19(24)27)11-14-5-2-3-6-15(14)20/h2-3,5-6,8,10-13H,4,7,9H2,1H3,(H,22,25). The minimum atomic E-state index is -0.743. The van der Waals surface area contributed by atoms with Crippen molar-refractivity contribution in [1.29, 1.82) is 0 Å². The lowest BCUT2D eigenvalue weighted by atomic mass is 10.2. The molecule has 1 N–H and O–H groups in total. The molecule has 2 aromatic rings. The van der Waals surface area contributed by atoms with Crippen molar-refractivity contribution in [2.24, 2.45) is 0 Å². The topological polar surface area (TPSA) is 67.2 Å². The molecular weight excluding hydrogens is 399 g/mol. The quantitative estimate of drug-likeness (QED) is 0.426. The lowest BCUT2D eigenvalue weighted by molar-refractivity contribution is -0.132. The molecule has 28 heavy (non-hydrogen) atoms. The van der Waals surface area contributed by atoms with Crippen LogP contribution in [0.4, 0.5) is 4.39 Å². The number of benzene rings is 1. The first kappa shape index (κ1) is 20.2. The number of halogens is 1. The Bertz CT molecular complexity index is 914. The summed E-state index contributed by atoms with van der Waals surface area (Å²) < 4.78 is 16.1. The molecule has 1 aliphatic rings. The first-order valence-corrected chi connectivity index (χ1v) is 9.95. The fourth-order valence-electron chi connectivity index (χ4n) is 2.70. The van der Waals surface area contributed by atoms with Gasteiger partial charge in [0.2, 0.25) is 5.91 Å². The van der Waals surface area contributed by atoms with Crippen molar-refractivity contribution >= 4 is 46.2 Å². The molecule has 0 saturated carbocycles. The number of aryl methyl sites for hydroxylation is 1. The first-order chi connectivity index (χ1) is 13.5. The van der Waals surface area contributed by atoms with E-state index in [1.807, 2.05) is 10.8 Å². The van der Waals surface area contributed by atoms with E-state index in [0.29, 0.717) is 17.0 Å². The Morgan fingerprint density at radius 1 is 1.43 bits per heavy atom. The van der Waals surface area contributed by atoms with Gasteiger partial charge in [0.25, 0.3) is 5.91 Å². The number of imidazole rings is 1. The van der Waals surface area contributed by atoms with Crippen LogP contribution in [0.1, 0.15) is 18.9 Å². The number of nitrogens with one attached hydrogen (secondary N) is 1. The number of thiocarbonyl (C=S) groups is 1. The zero-order valence-electron chi connectivity index (χ0n) is 15.2. The molecular formula is C19H19FN4O2S2. The molecule has 0 spiro atoms. The maximum Gasteiger partial charge on any atom is 0.266 e. The van der Waals surface area contributed by atoms with Crippen molar-refractivity contribution in [3.05, 3.63) is 59.3 Å². The Kier molecular flexibility index (Phi) is 6.58. The Morgan fingerprint density at radius 3 is 2.93 bits per heavy atom. The van der Waals surface area contributed by atoms with Gasteiger partial charge in [0.05, 0.1) is 11.2 Å². The summed E-state index contributed by atoms with van der Waals surface area (Å²) in [6.45, 7) is 2.84. The number of amides is 2. The van der Waals surface area contributed by atoms with E-state index in [1.54, 1.807) is 37.6 Å². The largest absolute Gasteiger partial charge is 0.354 e. The second kappa shape index (κ2) is 9.11. The molecule has 0 aliphatic carbocycles. The van der Waals surface area contributed by atoms with Gasteiger partial charge in [-0.15, -0.1) is 0 Å².